The number of aromatic nitrogens is 1. The maximum absolute atomic E-state index is 12.4. The summed E-state index contributed by atoms with van der Waals surface area (Å²) < 4.78 is 10.4. The molecule has 6 heteroatoms. The third-order valence-corrected chi connectivity index (χ3v) is 3.92. The number of pyridine rings is 1. The maximum Gasteiger partial charge on any atom is 0.256 e. The number of anilines is 2. The van der Waals surface area contributed by atoms with Gasteiger partial charge >= 0.3 is 0 Å². The number of benzene rings is 1. The lowest BCUT2D eigenvalue weighted by Gasteiger charge is -2.18. The second-order valence-electron chi connectivity index (χ2n) is 5.70. The summed E-state index contributed by atoms with van der Waals surface area (Å²) in [6, 6.07) is 8.78. The molecule has 2 aromatic rings. The van der Waals surface area contributed by atoms with E-state index < -0.39 is 0 Å². The molecule has 2 rings (SSSR count). The van der Waals surface area contributed by atoms with E-state index in [-0.39, 0.29) is 5.91 Å². The minimum atomic E-state index is -0.249. The van der Waals surface area contributed by atoms with Crippen LogP contribution in [-0.2, 0) is 0 Å². The molecule has 0 fully saturated rings. The van der Waals surface area contributed by atoms with Crippen LogP contribution in [0.25, 0.3) is 0 Å². The summed E-state index contributed by atoms with van der Waals surface area (Å²) in [4.78, 5) is 18.9. The number of nitrogens with zero attached hydrogens (tertiary/aromatic N) is 2. The van der Waals surface area contributed by atoms with Crippen molar-refractivity contribution in [2.24, 2.45) is 0 Å². The molecule has 0 radical (unpaired) electrons. The highest BCUT2D eigenvalue weighted by atomic mass is 16.5. The average Bonchev–Trinajstić information content (AvgIpc) is 2.65. The van der Waals surface area contributed by atoms with E-state index >= 15 is 0 Å². The molecular formula is C19H25N3O3. The van der Waals surface area contributed by atoms with Crippen LogP contribution in [0.3, 0.4) is 0 Å². The zero-order valence-electron chi connectivity index (χ0n) is 15.2. The van der Waals surface area contributed by atoms with E-state index in [0.717, 1.165) is 25.1 Å². The minimum Gasteiger partial charge on any atom is -0.493 e. The van der Waals surface area contributed by atoms with Crippen LogP contribution in [-0.4, -0.2) is 38.7 Å². The fraction of sp³-hybridized carbons (Fsp3) is 0.368. The number of methoxy groups -OCH3 is 2. The van der Waals surface area contributed by atoms with Crippen LogP contribution in [0.1, 0.15) is 30.1 Å². The smallest absolute Gasteiger partial charge is 0.256 e. The van der Waals surface area contributed by atoms with Gasteiger partial charge in [-0.15, -0.1) is 0 Å². The SMILES string of the molecule is CCCCN(C)c1ccc(NC(=O)c2ccc(OC)c(OC)c2)nc1. The Morgan fingerprint density at radius 2 is 1.92 bits per heavy atom. The van der Waals surface area contributed by atoms with Crippen LogP contribution in [0.4, 0.5) is 11.5 Å². The van der Waals surface area contributed by atoms with Crippen molar-refractivity contribution >= 4 is 17.4 Å². The van der Waals surface area contributed by atoms with Crippen LogP contribution in [0.5, 0.6) is 11.5 Å². The zero-order valence-corrected chi connectivity index (χ0v) is 15.2. The topological polar surface area (TPSA) is 63.7 Å². The third kappa shape index (κ3) is 4.86. The molecule has 0 aliphatic carbocycles. The van der Waals surface area contributed by atoms with Crippen LogP contribution in [0.15, 0.2) is 36.5 Å². The first kappa shape index (κ1) is 18.6. The Labute approximate surface area is 148 Å². The van der Waals surface area contributed by atoms with E-state index in [0.29, 0.717) is 22.9 Å². The summed E-state index contributed by atoms with van der Waals surface area (Å²) in [7, 11) is 5.13. The number of amides is 1. The Morgan fingerprint density at radius 3 is 2.52 bits per heavy atom. The molecule has 25 heavy (non-hydrogen) atoms. The van der Waals surface area contributed by atoms with E-state index in [1.165, 1.54) is 7.11 Å². The van der Waals surface area contributed by atoms with Crippen LogP contribution in [0.2, 0.25) is 0 Å². The van der Waals surface area contributed by atoms with Crippen LogP contribution < -0.4 is 19.7 Å². The summed E-state index contributed by atoms with van der Waals surface area (Å²) in [6.07, 6.45) is 4.05. The van der Waals surface area contributed by atoms with E-state index in [1.807, 2.05) is 13.1 Å². The van der Waals surface area contributed by atoms with Crippen LogP contribution >= 0.6 is 0 Å². The molecule has 0 bridgehead atoms. The molecule has 1 N–H and O–H groups in total. The predicted molar refractivity (Wildman–Crippen MR) is 99.9 cm³/mol. The van der Waals surface area contributed by atoms with E-state index in [1.54, 1.807) is 37.6 Å². The van der Waals surface area contributed by atoms with Crippen molar-refractivity contribution in [2.45, 2.75) is 19.8 Å². The molecule has 6 nitrogen and oxygen atoms in total. The van der Waals surface area contributed by atoms with Gasteiger partial charge in [-0.3, -0.25) is 4.79 Å². The fourth-order valence-electron chi connectivity index (χ4n) is 2.38. The second-order valence-corrected chi connectivity index (χ2v) is 5.70. The summed E-state index contributed by atoms with van der Waals surface area (Å²) in [5, 5.41) is 2.79. The Hall–Kier alpha value is -2.76. The van der Waals surface area contributed by atoms with Gasteiger partial charge in [-0.25, -0.2) is 4.98 Å². The van der Waals surface area contributed by atoms with Gasteiger partial charge in [0.05, 0.1) is 26.1 Å². The van der Waals surface area contributed by atoms with Crippen molar-refractivity contribution < 1.29 is 14.3 Å². The van der Waals surface area contributed by atoms with Crippen molar-refractivity contribution in [1.82, 2.24) is 4.98 Å². The lowest BCUT2D eigenvalue weighted by Crippen LogP contribution is -2.19. The number of carbonyl (C=O) groups excluding carboxylic acids is 1. The number of rotatable bonds is 8. The molecule has 0 unspecified atom stereocenters. The first-order chi connectivity index (χ1) is 12.1. The van der Waals surface area contributed by atoms with Crippen molar-refractivity contribution in [3.63, 3.8) is 0 Å². The Kier molecular flexibility index (Phi) is 6.62. The van der Waals surface area contributed by atoms with Crippen molar-refractivity contribution in [3.8, 4) is 11.5 Å². The first-order valence-corrected chi connectivity index (χ1v) is 8.29. The van der Waals surface area contributed by atoms with Gasteiger partial charge < -0.3 is 19.7 Å². The molecule has 0 saturated carbocycles. The van der Waals surface area contributed by atoms with Crippen molar-refractivity contribution in [2.75, 3.05) is 38.0 Å². The van der Waals surface area contributed by atoms with Gasteiger partial charge in [0.1, 0.15) is 5.82 Å². The number of nitrogens with one attached hydrogen (secondary N) is 1. The molecule has 0 atom stereocenters. The number of hydrogen-bond donors (Lipinski definition) is 1. The highest BCUT2D eigenvalue weighted by molar-refractivity contribution is 6.04. The number of unbranched alkanes of at least 4 members (excludes halogenated alkanes) is 1. The van der Waals surface area contributed by atoms with Gasteiger partial charge in [0, 0.05) is 19.2 Å². The zero-order chi connectivity index (χ0) is 18.2. The number of hydrogen-bond acceptors (Lipinski definition) is 5. The molecule has 0 spiro atoms. The second kappa shape index (κ2) is 8.92. The fourth-order valence-corrected chi connectivity index (χ4v) is 2.38. The van der Waals surface area contributed by atoms with Gasteiger partial charge in [-0.1, -0.05) is 13.3 Å². The normalized spacial score (nSPS) is 10.2. The van der Waals surface area contributed by atoms with E-state index in [2.05, 4.69) is 22.1 Å². The molecule has 1 aromatic carbocycles. The van der Waals surface area contributed by atoms with Gasteiger partial charge in [-0.2, -0.15) is 0 Å². The largest absolute Gasteiger partial charge is 0.493 e. The lowest BCUT2D eigenvalue weighted by molar-refractivity contribution is 0.102. The number of ether oxygens (including phenoxy) is 2. The molecule has 0 aliphatic rings. The highest BCUT2D eigenvalue weighted by Gasteiger charge is 2.11. The number of carbonyl (C=O) groups is 1. The molecule has 1 heterocycles. The van der Waals surface area contributed by atoms with Crippen LogP contribution in [0, 0.1) is 0 Å². The Balaban J connectivity index is 2.05. The minimum absolute atomic E-state index is 0.249. The van der Waals surface area contributed by atoms with E-state index in [4.69, 9.17) is 9.47 Å². The Morgan fingerprint density at radius 1 is 1.16 bits per heavy atom. The molecular weight excluding hydrogens is 318 g/mol. The lowest BCUT2D eigenvalue weighted by atomic mass is 10.2. The van der Waals surface area contributed by atoms with Gasteiger partial charge in [0.25, 0.3) is 5.91 Å². The standard InChI is InChI=1S/C19H25N3O3/c1-5-6-11-22(2)15-8-10-18(20-13-15)21-19(23)14-7-9-16(24-3)17(12-14)25-4/h7-10,12-13H,5-6,11H2,1-4H3,(H,20,21,23). The maximum atomic E-state index is 12.4. The predicted octanol–water partition coefficient (Wildman–Crippen LogP) is 3.59. The highest BCUT2D eigenvalue weighted by Crippen LogP contribution is 2.27. The molecule has 1 amide bonds. The average molecular weight is 343 g/mol. The molecule has 134 valence electrons. The van der Waals surface area contributed by atoms with Crippen molar-refractivity contribution in [3.05, 3.63) is 42.1 Å². The van der Waals surface area contributed by atoms with Crippen molar-refractivity contribution in [1.29, 1.82) is 0 Å². The molecule has 1 aromatic heterocycles. The van der Waals surface area contributed by atoms with E-state index in [9.17, 15) is 4.79 Å². The van der Waals surface area contributed by atoms with Gasteiger partial charge in [0.2, 0.25) is 0 Å². The first-order valence-electron chi connectivity index (χ1n) is 8.29. The quantitative estimate of drug-likeness (QED) is 0.793. The monoisotopic (exact) mass is 343 g/mol. The van der Waals surface area contributed by atoms with Gasteiger partial charge in [0.15, 0.2) is 11.5 Å². The summed E-state index contributed by atoms with van der Waals surface area (Å²) in [5.74, 6) is 1.35. The summed E-state index contributed by atoms with van der Waals surface area (Å²) >= 11 is 0. The van der Waals surface area contributed by atoms with Gasteiger partial charge in [-0.05, 0) is 36.8 Å². The molecule has 0 saturated heterocycles. The third-order valence-electron chi connectivity index (χ3n) is 3.92. The Bertz CT molecular complexity index is 702. The summed E-state index contributed by atoms with van der Waals surface area (Å²) in [6.45, 7) is 3.15. The summed E-state index contributed by atoms with van der Waals surface area (Å²) in [5.41, 5.74) is 1.50. The molecule has 0 aliphatic heterocycles.